The second-order valence-electron chi connectivity index (χ2n) is 23.2. The van der Waals surface area contributed by atoms with Crippen molar-refractivity contribution >= 4 is 74.3 Å². The lowest BCUT2D eigenvalue weighted by molar-refractivity contribution is 0.569. The first-order chi connectivity index (χ1) is 32.3. The molecule has 2 heterocycles. The van der Waals surface area contributed by atoms with Crippen LogP contribution in [0.15, 0.2) is 170 Å². The molecule has 4 heteroatoms. The quantitative estimate of drug-likeness (QED) is 0.159. The molecule has 0 bridgehead atoms. The molecular weight excluding hydrogens is 822 g/mol. The van der Waals surface area contributed by atoms with E-state index in [4.69, 9.17) is 0 Å². The smallest absolute Gasteiger partial charge is 0.252 e. The highest BCUT2D eigenvalue weighted by atomic mass is 15.2. The van der Waals surface area contributed by atoms with E-state index in [1.54, 1.807) is 0 Å². The summed E-state index contributed by atoms with van der Waals surface area (Å²) >= 11 is 0. The predicted octanol–water partition coefficient (Wildman–Crippen LogP) is 15.7. The summed E-state index contributed by atoms with van der Waals surface area (Å²) in [5, 5.41) is 0. The zero-order valence-corrected chi connectivity index (χ0v) is 42.1. The van der Waals surface area contributed by atoms with Crippen molar-refractivity contribution in [3.8, 4) is 11.1 Å². The maximum absolute atomic E-state index is 2.65. The molecule has 0 aromatic heterocycles. The van der Waals surface area contributed by atoms with E-state index in [2.05, 4.69) is 268 Å². The maximum atomic E-state index is 2.65. The highest BCUT2D eigenvalue weighted by Gasteiger charge is 2.46. The van der Waals surface area contributed by atoms with E-state index < -0.39 is 0 Å². The number of fused-ring (bicyclic) bond motifs is 7. The second kappa shape index (κ2) is 15.4. The standard InChI is InChI=1S/C64H64BN3/c1-41-34-57-60-58(35-41)68(55-29-21-27-50-49-26-19-20-28-51(49)64(11,12)59(50)55)54-33-30-42(61(2,3)4)39-53(54)65(60)52-32-31-47(66(45-22-15-13-16-23-45)46-24-17-14-18-25-46)40-56(52)67(57)48-37-43(62(5,6)7)36-44(38-48)63(8,9)10/h13-40H,1-12H3. The molecule has 11 rings (SSSR count). The summed E-state index contributed by atoms with van der Waals surface area (Å²) in [7, 11) is 0. The van der Waals surface area contributed by atoms with Gasteiger partial charge in [-0.25, -0.2) is 0 Å². The number of para-hydroxylation sites is 2. The predicted molar refractivity (Wildman–Crippen MR) is 294 cm³/mol. The van der Waals surface area contributed by atoms with Gasteiger partial charge in [-0.2, -0.15) is 0 Å². The Kier molecular flexibility index (Phi) is 9.90. The van der Waals surface area contributed by atoms with Gasteiger partial charge in [0.25, 0.3) is 6.71 Å². The lowest BCUT2D eigenvalue weighted by Crippen LogP contribution is -2.61. The average molecular weight is 886 g/mol. The third-order valence-electron chi connectivity index (χ3n) is 15.1. The number of rotatable bonds is 5. The molecule has 0 N–H and O–H groups in total. The Balaban J connectivity index is 1.25. The molecule has 3 nitrogen and oxygen atoms in total. The minimum atomic E-state index is -0.204. The molecule has 0 saturated heterocycles. The van der Waals surface area contributed by atoms with Crippen LogP contribution in [0, 0.1) is 6.92 Å². The van der Waals surface area contributed by atoms with Crippen LogP contribution >= 0.6 is 0 Å². The van der Waals surface area contributed by atoms with Gasteiger partial charge in [-0.1, -0.05) is 173 Å². The van der Waals surface area contributed by atoms with E-state index in [0.717, 1.165) is 17.1 Å². The molecule has 1 aliphatic carbocycles. The van der Waals surface area contributed by atoms with Crippen LogP contribution in [0.3, 0.4) is 0 Å². The molecule has 8 aromatic carbocycles. The van der Waals surface area contributed by atoms with Crippen LogP contribution in [0.1, 0.15) is 110 Å². The highest BCUT2D eigenvalue weighted by molar-refractivity contribution is 7.00. The lowest BCUT2D eigenvalue weighted by Gasteiger charge is -2.46. The minimum Gasteiger partial charge on any atom is -0.311 e. The maximum Gasteiger partial charge on any atom is 0.252 e. The van der Waals surface area contributed by atoms with Crippen molar-refractivity contribution in [2.45, 2.75) is 105 Å². The fraction of sp³-hybridized carbons (Fsp3) is 0.250. The molecule has 0 atom stereocenters. The van der Waals surface area contributed by atoms with Crippen LogP contribution in [0.2, 0.25) is 0 Å². The molecule has 0 saturated carbocycles. The Hall–Kier alpha value is -6.78. The third kappa shape index (κ3) is 6.93. The number of anilines is 9. The van der Waals surface area contributed by atoms with Crippen LogP contribution in [-0.4, -0.2) is 6.71 Å². The monoisotopic (exact) mass is 886 g/mol. The summed E-state index contributed by atoms with van der Waals surface area (Å²) in [5.74, 6) is 0. The van der Waals surface area contributed by atoms with Gasteiger partial charge in [0.1, 0.15) is 0 Å². The summed E-state index contributed by atoms with van der Waals surface area (Å²) in [6.45, 7) is 28.3. The lowest BCUT2D eigenvalue weighted by atomic mass is 9.33. The van der Waals surface area contributed by atoms with E-state index in [0.29, 0.717) is 0 Å². The number of benzene rings is 8. The Morgan fingerprint density at radius 3 is 1.62 bits per heavy atom. The van der Waals surface area contributed by atoms with Crippen molar-refractivity contribution in [1.29, 1.82) is 0 Å². The number of hydrogen-bond acceptors (Lipinski definition) is 3. The van der Waals surface area contributed by atoms with Crippen molar-refractivity contribution in [2.24, 2.45) is 0 Å². The SMILES string of the molecule is Cc1cc2c3c(c1)N(c1cccc4c1C(C)(C)c1ccccc1-4)c1ccc(C(C)(C)C)cc1B3c1ccc(N(c3ccccc3)c3ccccc3)cc1N2c1cc(C(C)(C)C)cc(C(C)(C)C)c1. The van der Waals surface area contributed by atoms with Gasteiger partial charge < -0.3 is 14.7 Å². The molecule has 2 aliphatic heterocycles. The largest absolute Gasteiger partial charge is 0.311 e. The minimum absolute atomic E-state index is 0.0220. The van der Waals surface area contributed by atoms with Gasteiger partial charge in [-0.05, 0) is 157 Å². The fourth-order valence-corrected chi connectivity index (χ4v) is 11.5. The van der Waals surface area contributed by atoms with E-state index >= 15 is 0 Å². The Morgan fingerprint density at radius 1 is 0.426 bits per heavy atom. The van der Waals surface area contributed by atoms with Crippen LogP contribution in [0.5, 0.6) is 0 Å². The van der Waals surface area contributed by atoms with Gasteiger partial charge in [0.2, 0.25) is 0 Å². The van der Waals surface area contributed by atoms with Crippen molar-refractivity contribution in [3.05, 3.63) is 203 Å². The van der Waals surface area contributed by atoms with Gasteiger partial charge in [0.15, 0.2) is 0 Å². The second-order valence-corrected chi connectivity index (χ2v) is 23.2. The molecule has 68 heavy (non-hydrogen) atoms. The number of aryl methyl sites for hydroxylation is 1. The van der Waals surface area contributed by atoms with E-state index in [-0.39, 0.29) is 28.4 Å². The van der Waals surface area contributed by atoms with Crippen LogP contribution < -0.4 is 31.1 Å². The number of hydrogen-bond donors (Lipinski definition) is 0. The third-order valence-corrected chi connectivity index (χ3v) is 15.1. The molecule has 0 unspecified atom stereocenters. The van der Waals surface area contributed by atoms with Gasteiger partial charge in [0, 0.05) is 50.9 Å². The first-order valence-electron chi connectivity index (χ1n) is 24.6. The summed E-state index contributed by atoms with van der Waals surface area (Å²) in [5.41, 5.74) is 25.0. The summed E-state index contributed by atoms with van der Waals surface area (Å²) < 4.78 is 0. The average Bonchev–Trinajstić information content (AvgIpc) is 3.54. The zero-order valence-electron chi connectivity index (χ0n) is 42.1. The zero-order chi connectivity index (χ0) is 47.7. The first-order valence-corrected chi connectivity index (χ1v) is 24.6. The first kappa shape index (κ1) is 43.8. The summed E-state index contributed by atoms with van der Waals surface area (Å²) in [4.78, 5) is 7.68. The van der Waals surface area contributed by atoms with E-state index in [9.17, 15) is 0 Å². The van der Waals surface area contributed by atoms with Crippen molar-refractivity contribution in [2.75, 3.05) is 14.7 Å². The molecule has 0 amide bonds. The van der Waals surface area contributed by atoms with Gasteiger partial charge in [-0.15, -0.1) is 0 Å². The summed E-state index contributed by atoms with van der Waals surface area (Å²) in [6.07, 6.45) is 0. The molecule has 8 aromatic rings. The molecule has 0 spiro atoms. The molecule has 338 valence electrons. The van der Waals surface area contributed by atoms with E-state index in [1.807, 2.05) is 0 Å². The van der Waals surface area contributed by atoms with Gasteiger partial charge >= 0.3 is 0 Å². The van der Waals surface area contributed by atoms with Crippen LogP contribution in [0.25, 0.3) is 11.1 Å². The van der Waals surface area contributed by atoms with Crippen molar-refractivity contribution in [3.63, 3.8) is 0 Å². The molecule has 3 aliphatic rings. The normalized spacial score (nSPS) is 14.5. The fourth-order valence-electron chi connectivity index (χ4n) is 11.5. The van der Waals surface area contributed by atoms with Gasteiger partial charge in [-0.3, -0.25) is 0 Å². The molecular formula is C64H64BN3. The highest BCUT2D eigenvalue weighted by Crippen LogP contribution is 2.55. The summed E-state index contributed by atoms with van der Waals surface area (Å²) in [6, 6.07) is 64.7. The van der Waals surface area contributed by atoms with Gasteiger partial charge in [0.05, 0.1) is 5.69 Å². The Morgan fingerprint density at radius 2 is 1.00 bits per heavy atom. The topological polar surface area (TPSA) is 9.72 Å². The molecule has 0 radical (unpaired) electrons. The van der Waals surface area contributed by atoms with E-state index in [1.165, 1.54) is 95.0 Å². The van der Waals surface area contributed by atoms with Crippen LogP contribution in [0.4, 0.5) is 51.2 Å². The van der Waals surface area contributed by atoms with Crippen molar-refractivity contribution in [1.82, 2.24) is 0 Å². The number of nitrogens with zero attached hydrogens (tertiary/aromatic N) is 3. The Bertz CT molecular complexity index is 3220. The van der Waals surface area contributed by atoms with Crippen LogP contribution in [-0.2, 0) is 21.7 Å². The molecule has 0 fully saturated rings. The van der Waals surface area contributed by atoms with Crippen molar-refractivity contribution < 1.29 is 0 Å². The Labute approximate surface area is 406 Å².